The van der Waals surface area contributed by atoms with Crippen molar-refractivity contribution in [2.75, 3.05) is 6.54 Å². The van der Waals surface area contributed by atoms with Crippen molar-refractivity contribution in [2.45, 2.75) is 51.7 Å². The fourth-order valence-electron chi connectivity index (χ4n) is 3.56. The van der Waals surface area contributed by atoms with Crippen LogP contribution in [0.25, 0.3) is 5.52 Å². The van der Waals surface area contributed by atoms with Gasteiger partial charge in [-0.3, -0.25) is 9.30 Å². The predicted octanol–water partition coefficient (Wildman–Crippen LogP) is 4.61. The first-order valence-electron chi connectivity index (χ1n) is 8.37. The van der Waals surface area contributed by atoms with E-state index < -0.39 is 5.60 Å². The van der Waals surface area contributed by atoms with Crippen LogP contribution in [0.3, 0.4) is 0 Å². The summed E-state index contributed by atoms with van der Waals surface area (Å²) in [4.78, 5) is 23.4. The number of fused-ring (bicyclic) bond motifs is 1. The molecular weight excluding hydrogens is 408 g/mol. The van der Waals surface area contributed by atoms with Gasteiger partial charge in [-0.05, 0) is 61.4 Å². The van der Waals surface area contributed by atoms with E-state index in [1.54, 1.807) is 6.20 Å². The zero-order chi connectivity index (χ0) is 18.0. The normalized spacial score (nSPS) is 22.0. The highest BCUT2D eigenvalue weighted by Gasteiger charge is 2.55. The lowest BCUT2D eigenvalue weighted by Crippen LogP contribution is -2.37. The topological polar surface area (TPSA) is 59.7 Å². The molecule has 1 saturated carbocycles. The first-order chi connectivity index (χ1) is 11.7. The molecule has 1 aliphatic carbocycles. The number of hydrogen-bond acceptors (Lipinski definition) is 4. The van der Waals surface area contributed by atoms with Crippen LogP contribution in [-0.2, 0) is 4.74 Å². The van der Waals surface area contributed by atoms with E-state index >= 15 is 0 Å². The molecule has 3 heterocycles. The summed E-state index contributed by atoms with van der Waals surface area (Å²) in [5, 5.41) is 0.385. The lowest BCUT2D eigenvalue weighted by molar-refractivity contribution is 0.0211. The van der Waals surface area contributed by atoms with Gasteiger partial charge in [-0.1, -0.05) is 11.6 Å². The van der Waals surface area contributed by atoms with Crippen LogP contribution in [0.4, 0.5) is 4.79 Å². The minimum atomic E-state index is -0.524. The fourth-order valence-corrected chi connectivity index (χ4v) is 4.47. The number of nitrogens with zero attached hydrogens (tertiary/aromatic N) is 4. The van der Waals surface area contributed by atoms with Crippen LogP contribution in [0.1, 0.15) is 51.9 Å². The Morgan fingerprint density at radius 1 is 1.44 bits per heavy atom. The highest BCUT2D eigenvalue weighted by atomic mass is 79.9. The van der Waals surface area contributed by atoms with Crippen molar-refractivity contribution in [2.24, 2.45) is 5.41 Å². The first-order valence-corrected chi connectivity index (χ1v) is 9.54. The molecule has 0 aromatic carbocycles. The van der Waals surface area contributed by atoms with Crippen LogP contribution >= 0.6 is 27.5 Å². The molecule has 1 aliphatic heterocycles. The van der Waals surface area contributed by atoms with Gasteiger partial charge in [0.15, 0.2) is 5.15 Å². The van der Waals surface area contributed by atoms with Gasteiger partial charge in [0.1, 0.15) is 21.5 Å². The van der Waals surface area contributed by atoms with Crippen LogP contribution in [-0.4, -0.2) is 37.5 Å². The molecule has 134 valence electrons. The highest BCUT2D eigenvalue weighted by molar-refractivity contribution is 9.10. The van der Waals surface area contributed by atoms with Crippen molar-refractivity contribution in [1.29, 1.82) is 0 Å². The summed E-state index contributed by atoms with van der Waals surface area (Å²) in [6.07, 6.45) is 6.39. The molecular formula is C17H20BrClN4O2. The zero-order valence-electron chi connectivity index (χ0n) is 14.4. The van der Waals surface area contributed by atoms with E-state index in [1.807, 2.05) is 36.3 Å². The first kappa shape index (κ1) is 17.1. The molecule has 1 amide bonds. The van der Waals surface area contributed by atoms with Gasteiger partial charge in [-0.25, -0.2) is 14.8 Å². The minimum absolute atomic E-state index is 0.130. The van der Waals surface area contributed by atoms with Crippen molar-refractivity contribution in [3.8, 4) is 0 Å². The molecule has 25 heavy (non-hydrogen) atoms. The summed E-state index contributed by atoms with van der Waals surface area (Å²) in [5.74, 6) is 0.792. The van der Waals surface area contributed by atoms with Crippen molar-refractivity contribution < 1.29 is 9.53 Å². The van der Waals surface area contributed by atoms with Gasteiger partial charge >= 0.3 is 6.09 Å². The third-order valence-electron chi connectivity index (χ3n) is 4.89. The number of imidazole rings is 1. The van der Waals surface area contributed by atoms with Crippen molar-refractivity contribution in [3.05, 3.63) is 28.0 Å². The quantitative estimate of drug-likeness (QED) is 0.667. The molecule has 0 unspecified atom stereocenters. The Hall–Kier alpha value is -1.34. The molecule has 2 fully saturated rings. The molecule has 8 heteroatoms. The second-order valence-corrected chi connectivity index (χ2v) is 9.13. The Bertz CT molecular complexity index is 856. The molecule has 2 aromatic heterocycles. The van der Waals surface area contributed by atoms with E-state index in [9.17, 15) is 4.79 Å². The molecule has 0 radical (unpaired) electrons. The van der Waals surface area contributed by atoms with E-state index in [4.69, 9.17) is 16.3 Å². The lowest BCUT2D eigenvalue weighted by atomic mass is 10.0. The number of rotatable bonds is 1. The summed E-state index contributed by atoms with van der Waals surface area (Å²) in [6, 6.07) is -0.130. The summed E-state index contributed by atoms with van der Waals surface area (Å²) >= 11 is 9.70. The van der Waals surface area contributed by atoms with Crippen molar-refractivity contribution in [3.63, 3.8) is 0 Å². The van der Waals surface area contributed by atoms with Crippen molar-refractivity contribution >= 4 is 39.1 Å². The Morgan fingerprint density at radius 3 is 2.80 bits per heavy atom. The van der Waals surface area contributed by atoms with E-state index in [0.717, 1.165) is 37.1 Å². The van der Waals surface area contributed by atoms with E-state index in [-0.39, 0.29) is 17.6 Å². The number of carbonyl (C=O) groups is 1. The van der Waals surface area contributed by atoms with Gasteiger partial charge in [0.2, 0.25) is 0 Å². The number of hydrogen-bond donors (Lipinski definition) is 0. The van der Waals surface area contributed by atoms with Crippen LogP contribution in [0.15, 0.2) is 17.0 Å². The molecule has 2 aliphatic rings. The predicted molar refractivity (Wildman–Crippen MR) is 97.7 cm³/mol. The Kier molecular flexibility index (Phi) is 3.81. The number of ether oxygens (including phenoxy) is 1. The Morgan fingerprint density at radius 2 is 2.16 bits per heavy atom. The summed E-state index contributed by atoms with van der Waals surface area (Å²) in [7, 11) is 0. The number of carbonyl (C=O) groups excluding carboxylic acids is 1. The lowest BCUT2D eigenvalue weighted by Gasteiger charge is -2.28. The maximum Gasteiger partial charge on any atom is 0.410 e. The molecule has 6 nitrogen and oxygen atoms in total. The monoisotopic (exact) mass is 426 g/mol. The average Bonchev–Trinajstić information content (AvgIpc) is 3.00. The Balaban J connectivity index is 1.75. The zero-order valence-corrected chi connectivity index (χ0v) is 16.8. The molecule has 4 rings (SSSR count). The van der Waals surface area contributed by atoms with E-state index in [0.29, 0.717) is 9.76 Å². The van der Waals surface area contributed by atoms with Gasteiger partial charge in [-0.2, -0.15) is 0 Å². The SMILES string of the molecule is CC(C)(C)OC(=O)N1CC2(CC2)C[C@H]1c1nc(Br)c2c(Cl)nccn12. The maximum absolute atomic E-state index is 12.8. The number of amides is 1. The van der Waals surface area contributed by atoms with E-state index in [1.165, 1.54) is 0 Å². The van der Waals surface area contributed by atoms with Gasteiger partial charge < -0.3 is 4.74 Å². The number of likely N-dealkylation sites (tertiary alicyclic amines) is 1. The molecule has 2 aromatic rings. The standard InChI is InChI=1S/C17H20BrClN4O2/c1-16(2,3)25-15(24)23-9-17(4-5-17)8-10(23)14-21-12(18)11-13(19)20-6-7-22(11)14/h6-7,10H,4-5,8-9H2,1-3H3/t10-/m0/s1. The molecule has 1 spiro atoms. The second-order valence-electron chi connectivity index (χ2n) is 8.03. The van der Waals surface area contributed by atoms with Gasteiger partial charge in [-0.15, -0.1) is 0 Å². The minimum Gasteiger partial charge on any atom is -0.444 e. The number of aromatic nitrogens is 3. The third-order valence-corrected chi connectivity index (χ3v) is 5.72. The second kappa shape index (κ2) is 5.58. The largest absolute Gasteiger partial charge is 0.444 e. The Labute approximate surface area is 159 Å². The van der Waals surface area contributed by atoms with Gasteiger partial charge in [0, 0.05) is 18.9 Å². The number of halogens is 2. The van der Waals surface area contributed by atoms with E-state index in [2.05, 4.69) is 25.9 Å². The smallest absolute Gasteiger partial charge is 0.410 e. The van der Waals surface area contributed by atoms with Gasteiger partial charge in [0.05, 0.1) is 6.04 Å². The maximum atomic E-state index is 12.8. The van der Waals surface area contributed by atoms with Gasteiger partial charge in [0.25, 0.3) is 0 Å². The van der Waals surface area contributed by atoms with Crippen LogP contribution in [0.2, 0.25) is 5.15 Å². The average molecular weight is 428 g/mol. The third kappa shape index (κ3) is 3.01. The molecule has 0 bridgehead atoms. The van der Waals surface area contributed by atoms with Crippen LogP contribution in [0.5, 0.6) is 0 Å². The van der Waals surface area contributed by atoms with Crippen molar-refractivity contribution in [1.82, 2.24) is 19.3 Å². The molecule has 1 atom stereocenters. The highest BCUT2D eigenvalue weighted by Crippen LogP contribution is 2.58. The molecule has 0 N–H and O–H groups in total. The summed E-state index contributed by atoms with van der Waals surface area (Å²) in [5.41, 5.74) is 0.417. The fraction of sp³-hybridized carbons (Fsp3) is 0.588. The summed E-state index contributed by atoms with van der Waals surface area (Å²) in [6.45, 7) is 6.37. The summed E-state index contributed by atoms with van der Waals surface area (Å²) < 4.78 is 8.20. The van der Waals surface area contributed by atoms with Crippen LogP contribution in [0, 0.1) is 5.41 Å². The molecule has 1 saturated heterocycles. The van der Waals surface area contributed by atoms with Crippen LogP contribution < -0.4 is 0 Å².